The molecule has 1 N–H and O–H groups in total. The minimum absolute atomic E-state index is 0.0414. The Balaban J connectivity index is 1.31. The topological polar surface area (TPSA) is 144 Å². The summed E-state index contributed by atoms with van der Waals surface area (Å²) in [5.74, 6) is 1.26. The summed E-state index contributed by atoms with van der Waals surface area (Å²) in [5.41, 5.74) is 12.0. The fourth-order valence-corrected chi connectivity index (χ4v) is 5.74. The Hall–Kier alpha value is -4.77. The number of benzene rings is 3. The maximum Gasteiger partial charge on any atom is 0.410 e. The zero-order chi connectivity index (χ0) is 35.8. The number of para-hydroxylation sites is 1. The summed E-state index contributed by atoms with van der Waals surface area (Å²) in [4.78, 5) is 30.4. The van der Waals surface area contributed by atoms with E-state index in [4.69, 9.17) is 29.2 Å². The maximum absolute atomic E-state index is 12.9. The molecule has 0 aromatic heterocycles. The maximum atomic E-state index is 12.9. The van der Waals surface area contributed by atoms with Gasteiger partial charge in [-0.2, -0.15) is 0 Å². The first-order chi connectivity index (χ1) is 24.2. The largest absolute Gasteiger partial charge is 0.496 e. The number of azide groups is 1. The van der Waals surface area contributed by atoms with Gasteiger partial charge in [-0.3, -0.25) is 4.79 Å². The molecule has 2 atom stereocenters. The molecule has 0 spiro atoms. The van der Waals surface area contributed by atoms with E-state index in [-0.39, 0.29) is 18.4 Å². The van der Waals surface area contributed by atoms with Crippen LogP contribution in [0.15, 0.2) is 77.9 Å². The number of nitrogens with one attached hydrogen (secondary N) is 1. The lowest BCUT2D eigenvalue weighted by atomic mass is 9.87. The molecule has 0 aliphatic carbocycles. The van der Waals surface area contributed by atoms with Gasteiger partial charge < -0.3 is 33.9 Å². The monoisotopic (exact) mass is 687 g/mol. The predicted molar refractivity (Wildman–Crippen MR) is 190 cm³/mol. The molecular weight excluding hydrogens is 638 g/mol. The minimum atomic E-state index is -0.626. The third kappa shape index (κ3) is 12.3. The number of hydrogen-bond acceptors (Lipinski definition) is 8. The lowest BCUT2D eigenvalue weighted by Crippen LogP contribution is -2.49. The van der Waals surface area contributed by atoms with Gasteiger partial charge in [-0.05, 0) is 74.0 Å². The molecule has 3 aromatic rings. The zero-order valence-electron chi connectivity index (χ0n) is 29.5. The molecule has 0 radical (unpaired) electrons. The number of likely N-dealkylation sites (tertiary alicyclic amines) is 1. The van der Waals surface area contributed by atoms with Crippen LogP contribution in [0, 0.1) is 0 Å². The van der Waals surface area contributed by atoms with Crippen molar-refractivity contribution in [3.63, 3.8) is 0 Å². The highest BCUT2D eigenvalue weighted by Crippen LogP contribution is 2.32. The SMILES string of the molecule is COc1ccccc1COCCCOc1ccc(C2CCN(C(=O)OC(C)(C)C)CC2OCC(=O)NCc2ccccc2CCN=[N+]=[N-])cc1. The third-order valence-electron chi connectivity index (χ3n) is 8.24. The smallest absolute Gasteiger partial charge is 0.410 e. The van der Waals surface area contributed by atoms with Crippen molar-refractivity contribution in [2.45, 2.75) is 70.8 Å². The number of ether oxygens (including phenoxy) is 5. The molecule has 2 unspecified atom stereocenters. The van der Waals surface area contributed by atoms with E-state index >= 15 is 0 Å². The Labute approximate surface area is 294 Å². The Bertz CT molecular complexity index is 1570. The average molecular weight is 688 g/mol. The molecule has 1 heterocycles. The minimum Gasteiger partial charge on any atom is -0.496 e. The van der Waals surface area contributed by atoms with Crippen molar-refractivity contribution in [3.05, 3.63) is 105 Å². The van der Waals surface area contributed by atoms with Crippen LogP contribution in [0.5, 0.6) is 11.5 Å². The van der Waals surface area contributed by atoms with Crippen LogP contribution < -0.4 is 14.8 Å². The molecule has 1 fully saturated rings. The predicted octanol–water partition coefficient (Wildman–Crippen LogP) is 6.96. The number of nitrogens with zero attached hydrogens (tertiary/aromatic N) is 4. The van der Waals surface area contributed by atoms with E-state index in [2.05, 4.69) is 15.3 Å². The summed E-state index contributed by atoms with van der Waals surface area (Å²) in [7, 11) is 1.65. The second-order valence-electron chi connectivity index (χ2n) is 13.1. The zero-order valence-corrected chi connectivity index (χ0v) is 29.5. The quantitative estimate of drug-likeness (QED) is 0.0699. The van der Waals surface area contributed by atoms with Crippen LogP contribution in [0.25, 0.3) is 10.4 Å². The van der Waals surface area contributed by atoms with Crippen LogP contribution in [0.3, 0.4) is 0 Å². The number of carbonyl (C=O) groups is 2. The lowest BCUT2D eigenvalue weighted by Gasteiger charge is -2.39. The van der Waals surface area contributed by atoms with E-state index < -0.39 is 17.8 Å². The van der Waals surface area contributed by atoms with Gasteiger partial charge in [-0.15, -0.1) is 0 Å². The van der Waals surface area contributed by atoms with Gasteiger partial charge in [0.05, 0.1) is 39.6 Å². The first-order valence-corrected chi connectivity index (χ1v) is 17.0. The van der Waals surface area contributed by atoms with Crippen LogP contribution in [-0.4, -0.2) is 75.2 Å². The van der Waals surface area contributed by atoms with Crippen LogP contribution in [0.4, 0.5) is 4.79 Å². The van der Waals surface area contributed by atoms with Gasteiger partial charge in [-0.1, -0.05) is 59.7 Å². The van der Waals surface area contributed by atoms with Crippen molar-refractivity contribution in [2.75, 3.05) is 46.6 Å². The molecule has 268 valence electrons. The van der Waals surface area contributed by atoms with E-state index in [1.807, 2.05) is 93.6 Å². The second-order valence-corrected chi connectivity index (χ2v) is 13.1. The molecule has 2 amide bonds. The fourth-order valence-electron chi connectivity index (χ4n) is 5.74. The summed E-state index contributed by atoms with van der Waals surface area (Å²) in [6.07, 6.45) is 1.14. The number of rotatable bonds is 17. The Morgan fingerprint density at radius 3 is 2.42 bits per heavy atom. The molecule has 50 heavy (non-hydrogen) atoms. The molecule has 1 saturated heterocycles. The van der Waals surface area contributed by atoms with E-state index in [1.165, 1.54) is 0 Å². The van der Waals surface area contributed by atoms with Gasteiger partial charge in [0, 0.05) is 42.4 Å². The van der Waals surface area contributed by atoms with Gasteiger partial charge in [0.1, 0.15) is 23.7 Å². The Morgan fingerprint density at radius 1 is 0.980 bits per heavy atom. The van der Waals surface area contributed by atoms with Crippen molar-refractivity contribution in [1.29, 1.82) is 0 Å². The van der Waals surface area contributed by atoms with Crippen molar-refractivity contribution < 1.29 is 33.3 Å². The van der Waals surface area contributed by atoms with Gasteiger partial charge in [0.25, 0.3) is 0 Å². The number of piperidine rings is 1. The molecule has 3 aromatic carbocycles. The Kier molecular flexibility index (Phi) is 14.8. The molecular formula is C38H49N5O7. The van der Waals surface area contributed by atoms with Crippen LogP contribution >= 0.6 is 0 Å². The Morgan fingerprint density at radius 2 is 1.70 bits per heavy atom. The summed E-state index contributed by atoms with van der Waals surface area (Å²) in [6, 6.07) is 23.4. The fraction of sp³-hybridized carbons (Fsp3) is 0.474. The number of amides is 2. The average Bonchev–Trinajstić information content (AvgIpc) is 3.11. The first kappa shape index (κ1) is 38.0. The highest BCUT2D eigenvalue weighted by Gasteiger charge is 2.35. The summed E-state index contributed by atoms with van der Waals surface area (Å²) >= 11 is 0. The number of hydrogen-bond donors (Lipinski definition) is 1. The standard InChI is InChI=1S/C38H49N5O7/c1-38(2,3)50-37(45)43-21-19-33(35(25-43)49-27-36(44)40-24-30-11-6-5-10-28(30)18-20-41-42-39)29-14-16-32(17-15-29)48-23-9-22-47-26-31-12-7-8-13-34(31)46-4/h5-8,10-17,33,35H,9,18-27H2,1-4H3,(H,40,44). The molecule has 4 rings (SSSR count). The molecule has 1 aliphatic heterocycles. The first-order valence-electron chi connectivity index (χ1n) is 17.0. The normalized spacial score (nSPS) is 15.9. The van der Waals surface area contributed by atoms with Gasteiger partial charge in [0.15, 0.2) is 0 Å². The van der Waals surface area contributed by atoms with Crippen molar-refractivity contribution in [2.24, 2.45) is 5.11 Å². The van der Waals surface area contributed by atoms with Crippen LogP contribution in [0.1, 0.15) is 61.8 Å². The summed E-state index contributed by atoms with van der Waals surface area (Å²) in [5, 5.41) is 6.56. The van der Waals surface area contributed by atoms with Crippen molar-refractivity contribution >= 4 is 12.0 Å². The highest BCUT2D eigenvalue weighted by atomic mass is 16.6. The molecule has 12 heteroatoms. The third-order valence-corrected chi connectivity index (χ3v) is 8.24. The summed E-state index contributed by atoms with van der Waals surface area (Å²) in [6.45, 7) is 8.36. The van der Waals surface area contributed by atoms with E-state index in [1.54, 1.807) is 12.0 Å². The second kappa shape index (κ2) is 19.4. The van der Waals surface area contributed by atoms with Gasteiger partial charge in [-0.25, -0.2) is 4.79 Å². The molecule has 1 aliphatic rings. The van der Waals surface area contributed by atoms with Crippen LogP contribution in [-0.2, 0) is 38.6 Å². The van der Waals surface area contributed by atoms with E-state index in [9.17, 15) is 9.59 Å². The van der Waals surface area contributed by atoms with E-state index in [0.29, 0.717) is 58.8 Å². The molecule has 0 saturated carbocycles. The highest BCUT2D eigenvalue weighted by molar-refractivity contribution is 5.77. The molecule has 0 bridgehead atoms. The van der Waals surface area contributed by atoms with Gasteiger partial charge in [0.2, 0.25) is 5.91 Å². The number of carbonyl (C=O) groups excluding carboxylic acids is 2. The van der Waals surface area contributed by atoms with Crippen molar-refractivity contribution in [1.82, 2.24) is 10.2 Å². The van der Waals surface area contributed by atoms with Gasteiger partial charge >= 0.3 is 6.09 Å². The van der Waals surface area contributed by atoms with Crippen LogP contribution in [0.2, 0.25) is 0 Å². The lowest BCUT2D eigenvalue weighted by molar-refractivity contribution is -0.129. The summed E-state index contributed by atoms with van der Waals surface area (Å²) < 4.78 is 29.0. The molecule has 12 nitrogen and oxygen atoms in total. The van der Waals surface area contributed by atoms with E-state index in [0.717, 1.165) is 40.2 Å². The number of methoxy groups -OCH3 is 1. The van der Waals surface area contributed by atoms with Crippen molar-refractivity contribution in [3.8, 4) is 11.5 Å².